The Labute approximate surface area is 267 Å². The minimum absolute atomic E-state index is 0.0250. The molecule has 1 rings (SSSR count). The van der Waals surface area contributed by atoms with Crippen molar-refractivity contribution in [3.63, 3.8) is 0 Å². The Morgan fingerprint density at radius 2 is 1.60 bits per heavy atom. The Morgan fingerprint density at radius 3 is 2.20 bits per heavy atom. The van der Waals surface area contributed by atoms with Crippen molar-refractivity contribution in [1.29, 1.82) is 0 Å². The van der Waals surface area contributed by atoms with E-state index in [1.807, 2.05) is 51.1 Å². The molecule has 0 fully saturated rings. The minimum Gasteiger partial charge on any atom is -0.464 e. The molecule has 0 saturated carbocycles. The summed E-state index contributed by atoms with van der Waals surface area (Å²) in [5.41, 5.74) is 0.115. The Morgan fingerprint density at radius 1 is 0.911 bits per heavy atom. The van der Waals surface area contributed by atoms with Crippen LogP contribution in [0.3, 0.4) is 0 Å². The molecule has 0 aliphatic heterocycles. The first-order chi connectivity index (χ1) is 21.3. The third-order valence-electron chi connectivity index (χ3n) is 6.48. The molecule has 1 aromatic carbocycles. The highest BCUT2D eigenvalue weighted by atomic mass is 16.6. The molecule has 3 amide bonds. The first-order valence-electron chi connectivity index (χ1n) is 15.7. The van der Waals surface area contributed by atoms with E-state index in [4.69, 9.17) is 18.9 Å². The van der Waals surface area contributed by atoms with Crippen molar-refractivity contribution in [2.24, 2.45) is 11.8 Å². The Kier molecular flexibility index (Phi) is 18.5. The summed E-state index contributed by atoms with van der Waals surface area (Å²) in [6, 6.07) is 8.42. The first-order valence-corrected chi connectivity index (χ1v) is 15.7. The molecule has 12 nitrogen and oxygen atoms in total. The molecule has 254 valence electrons. The fourth-order valence-corrected chi connectivity index (χ4v) is 4.31. The van der Waals surface area contributed by atoms with Gasteiger partial charge < -0.3 is 34.9 Å². The van der Waals surface area contributed by atoms with Crippen LogP contribution >= 0.6 is 0 Å². The maximum Gasteiger partial charge on any atom is 0.407 e. The second-order valence-electron chi connectivity index (χ2n) is 12.2. The normalized spacial score (nSPS) is 13.2. The number of hydrogen-bond donors (Lipinski definition) is 3. The molecule has 0 aliphatic rings. The molecule has 0 aromatic heterocycles. The molecule has 0 unspecified atom stereocenters. The van der Waals surface area contributed by atoms with E-state index in [9.17, 15) is 24.0 Å². The zero-order valence-electron chi connectivity index (χ0n) is 27.9. The quantitative estimate of drug-likeness (QED) is 0.109. The summed E-state index contributed by atoms with van der Waals surface area (Å²) in [5, 5.41) is 8.02. The third kappa shape index (κ3) is 17.4. The maximum absolute atomic E-state index is 13.7. The van der Waals surface area contributed by atoms with Crippen molar-refractivity contribution < 1.29 is 42.9 Å². The highest BCUT2D eigenvalue weighted by molar-refractivity contribution is 5.91. The molecule has 3 N–H and O–H groups in total. The highest BCUT2D eigenvalue weighted by Crippen LogP contribution is 2.22. The maximum atomic E-state index is 13.7. The number of esters is 2. The van der Waals surface area contributed by atoms with Crippen LogP contribution in [0.25, 0.3) is 0 Å². The monoisotopic (exact) mass is 635 g/mol. The summed E-state index contributed by atoms with van der Waals surface area (Å²) in [4.78, 5) is 63.9. The van der Waals surface area contributed by atoms with Crippen LogP contribution in [0.4, 0.5) is 4.79 Å². The number of carbonyl (C=O) groups excluding carboxylic acids is 5. The first kappa shape index (κ1) is 39.4. The Bertz CT molecular complexity index is 1060. The van der Waals surface area contributed by atoms with Gasteiger partial charge in [0.05, 0.1) is 12.5 Å². The molecule has 0 saturated heterocycles. The van der Waals surface area contributed by atoms with Gasteiger partial charge in [0.15, 0.2) is 6.10 Å². The van der Waals surface area contributed by atoms with Crippen molar-refractivity contribution in [3.05, 3.63) is 35.9 Å². The van der Waals surface area contributed by atoms with Gasteiger partial charge in [-0.2, -0.15) is 0 Å². The zero-order chi connectivity index (χ0) is 33.8. The van der Waals surface area contributed by atoms with Gasteiger partial charge in [0.2, 0.25) is 11.8 Å². The van der Waals surface area contributed by atoms with Crippen molar-refractivity contribution in [2.45, 2.75) is 104 Å². The lowest BCUT2D eigenvalue weighted by Gasteiger charge is -2.28. The average molecular weight is 636 g/mol. The van der Waals surface area contributed by atoms with E-state index in [0.29, 0.717) is 25.8 Å². The van der Waals surface area contributed by atoms with E-state index in [-0.39, 0.29) is 32.0 Å². The van der Waals surface area contributed by atoms with Gasteiger partial charge in [-0.25, -0.2) is 14.4 Å². The molecule has 0 radical (unpaired) electrons. The summed E-state index contributed by atoms with van der Waals surface area (Å²) in [6.07, 6.45) is 1.06. The van der Waals surface area contributed by atoms with E-state index >= 15 is 0 Å². The van der Waals surface area contributed by atoms with E-state index in [1.54, 1.807) is 20.8 Å². The molecule has 0 aliphatic carbocycles. The summed E-state index contributed by atoms with van der Waals surface area (Å²) in [5.74, 6) is -3.47. The summed E-state index contributed by atoms with van der Waals surface area (Å²) < 4.78 is 21.6. The second-order valence-corrected chi connectivity index (χ2v) is 12.2. The molecule has 12 heteroatoms. The highest BCUT2D eigenvalue weighted by Gasteiger charge is 2.38. The Hall–Kier alpha value is -3.67. The smallest absolute Gasteiger partial charge is 0.407 e. The topological polar surface area (TPSA) is 158 Å². The molecule has 0 heterocycles. The number of likely N-dealkylation sites (N-methyl/N-ethyl adjacent to an activating group) is 1. The number of rotatable bonds is 20. The van der Waals surface area contributed by atoms with Gasteiger partial charge in [0.1, 0.15) is 24.9 Å². The van der Waals surface area contributed by atoms with E-state index < -0.39 is 60.1 Å². The van der Waals surface area contributed by atoms with Crippen LogP contribution in [0.15, 0.2) is 30.3 Å². The van der Waals surface area contributed by atoms with Gasteiger partial charge in [-0.1, -0.05) is 57.5 Å². The Balaban J connectivity index is 2.87. The van der Waals surface area contributed by atoms with E-state index in [1.165, 1.54) is 7.05 Å². The van der Waals surface area contributed by atoms with Gasteiger partial charge >= 0.3 is 18.0 Å². The fraction of sp³-hybridized carbons (Fsp3) is 0.667. The minimum atomic E-state index is -1.38. The lowest BCUT2D eigenvalue weighted by molar-refractivity contribution is -0.174. The van der Waals surface area contributed by atoms with Crippen LogP contribution in [0, 0.1) is 11.8 Å². The lowest BCUT2D eigenvalue weighted by Crippen LogP contribution is -2.51. The van der Waals surface area contributed by atoms with Crippen molar-refractivity contribution >= 4 is 29.8 Å². The van der Waals surface area contributed by atoms with Crippen LogP contribution in [-0.2, 0) is 44.7 Å². The number of ether oxygens (including phenoxy) is 4. The summed E-state index contributed by atoms with van der Waals surface area (Å²) in [7, 11) is 1.47. The van der Waals surface area contributed by atoms with Gasteiger partial charge in [-0.05, 0) is 64.4 Å². The van der Waals surface area contributed by atoms with Crippen LogP contribution in [0.1, 0.15) is 85.6 Å². The van der Waals surface area contributed by atoms with Gasteiger partial charge in [-0.3, -0.25) is 9.59 Å². The number of hydrogen-bond acceptors (Lipinski definition) is 9. The van der Waals surface area contributed by atoms with Gasteiger partial charge in [-0.15, -0.1) is 0 Å². The predicted octanol–water partition coefficient (Wildman–Crippen LogP) is 4.05. The molecule has 45 heavy (non-hydrogen) atoms. The van der Waals surface area contributed by atoms with Crippen LogP contribution in [-0.4, -0.2) is 74.4 Å². The number of alkyl carbamates (subject to hydrolysis) is 1. The summed E-state index contributed by atoms with van der Waals surface area (Å²) >= 11 is 0. The van der Waals surface area contributed by atoms with Crippen LogP contribution < -0.4 is 16.0 Å². The predicted molar refractivity (Wildman–Crippen MR) is 169 cm³/mol. The van der Waals surface area contributed by atoms with Crippen molar-refractivity contribution in [2.75, 3.05) is 26.8 Å². The van der Waals surface area contributed by atoms with Crippen LogP contribution in [0.5, 0.6) is 0 Å². The second kappa shape index (κ2) is 21.1. The molecular weight excluding hydrogens is 582 g/mol. The molecule has 0 bridgehead atoms. The largest absolute Gasteiger partial charge is 0.464 e. The number of carbonyl (C=O) groups is 5. The zero-order valence-corrected chi connectivity index (χ0v) is 27.9. The average Bonchev–Trinajstić information content (AvgIpc) is 2.97. The van der Waals surface area contributed by atoms with E-state index in [0.717, 1.165) is 12.0 Å². The van der Waals surface area contributed by atoms with Gasteiger partial charge in [0.25, 0.3) is 0 Å². The number of nitrogens with one attached hydrogen (secondary N) is 3. The number of unbranched alkanes of at least 4 members (excludes halogenated alkanes) is 2. The molecule has 3 atom stereocenters. The fourth-order valence-electron chi connectivity index (χ4n) is 4.31. The van der Waals surface area contributed by atoms with Crippen molar-refractivity contribution in [1.82, 2.24) is 16.0 Å². The third-order valence-corrected chi connectivity index (χ3v) is 6.48. The molecule has 1 aromatic rings. The standard InChI is InChI=1S/C33H53N3O9/c1-8-9-19-42-31(40)28(43-22-27(37)45-33(4,5)6)25(20-23(2)3)29(38)36-26(30(39)34-7)17-13-14-18-35-32(41)44-21-24-15-11-10-12-16-24/h10-12,15-16,23,25-26,28H,8-9,13-14,17-22H2,1-7H3,(H,34,39)(H,35,41)(H,36,38)/t25-,26+,28+/m1/s1. The van der Waals surface area contributed by atoms with E-state index in [2.05, 4.69) is 16.0 Å². The number of amides is 3. The summed E-state index contributed by atoms with van der Waals surface area (Å²) in [6.45, 7) is 10.9. The van der Waals surface area contributed by atoms with Crippen molar-refractivity contribution in [3.8, 4) is 0 Å². The molecule has 0 spiro atoms. The number of benzene rings is 1. The van der Waals surface area contributed by atoms with Crippen LogP contribution in [0.2, 0.25) is 0 Å². The molecular formula is C33H53N3O9. The van der Waals surface area contributed by atoms with Gasteiger partial charge in [0, 0.05) is 13.6 Å². The lowest BCUT2D eigenvalue weighted by atomic mass is 9.90. The SMILES string of the molecule is CCCCOC(=O)[C@@H](OCC(=O)OC(C)(C)C)[C@@H](CC(C)C)C(=O)N[C@@H](CCCCNC(=O)OCc1ccccc1)C(=O)NC.